The maximum atomic E-state index is 13.6. The van der Waals surface area contributed by atoms with Crippen molar-refractivity contribution in [3.05, 3.63) is 29.3 Å². The van der Waals surface area contributed by atoms with Gasteiger partial charge in [-0.2, -0.15) is 0 Å². The van der Waals surface area contributed by atoms with E-state index in [4.69, 9.17) is 0 Å². The summed E-state index contributed by atoms with van der Waals surface area (Å²) in [5.74, 6) is -1.30. The lowest BCUT2D eigenvalue weighted by atomic mass is 10.1. The average Bonchev–Trinajstić information content (AvgIpc) is 2.29. The van der Waals surface area contributed by atoms with Crippen molar-refractivity contribution in [3.8, 4) is 0 Å². The Morgan fingerprint density at radius 3 is 2.12 bits per heavy atom. The van der Waals surface area contributed by atoms with Gasteiger partial charge in [-0.05, 0) is 31.4 Å². The molecule has 0 aliphatic carbocycles. The van der Waals surface area contributed by atoms with Crippen molar-refractivity contribution in [1.82, 2.24) is 0 Å². The number of hydrogen-bond donors (Lipinski definition) is 0. The number of carbonyl (C=O) groups excluding carboxylic acids is 1. The second-order valence-corrected chi connectivity index (χ2v) is 4.00. The van der Waals surface area contributed by atoms with Gasteiger partial charge in [0.15, 0.2) is 0 Å². The minimum absolute atomic E-state index is 0.00491. The standard InChI is InChI=1S/C12H13F2NO/c13-10-6-9(8-16)7-11(14)12(10)15-4-2-1-3-5-15/h6-8H,1-5H2. The topological polar surface area (TPSA) is 20.3 Å². The lowest BCUT2D eigenvalue weighted by Crippen LogP contribution is -2.31. The molecule has 0 spiro atoms. The third-order valence-corrected chi connectivity index (χ3v) is 2.85. The Bertz CT molecular complexity index is 377. The lowest BCUT2D eigenvalue weighted by Gasteiger charge is -2.29. The normalized spacial score (nSPS) is 16.2. The quantitative estimate of drug-likeness (QED) is 0.721. The van der Waals surface area contributed by atoms with Gasteiger partial charge in [0.25, 0.3) is 0 Å². The van der Waals surface area contributed by atoms with Crippen molar-refractivity contribution in [1.29, 1.82) is 0 Å². The van der Waals surface area contributed by atoms with Crippen molar-refractivity contribution in [3.63, 3.8) is 0 Å². The van der Waals surface area contributed by atoms with Crippen molar-refractivity contribution in [2.24, 2.45) is 0 Å². The molecule has 0 amide bonds. The van der Waals surface area contributed by atoms with Crippen LogP contribution in [0.2, 0.25) is 0 Å². The molecule has 0 unspecified atom stereocenters. The molecule has 2 rings (SSSR count). The van der Waals surface area contributed by atoms with Crippen LogP contribution in [0.5, 0.6) is 0 Å². The van der Waals surface area contributed by atoms with Gasteiger partial charge in [-0.1, -0.05) is 0 Å². The van der Waals surface area contributed by atoms with Gasteiger partial charge in [-0.25, -0.2) is 8.78 Å². The molecular formula is C12H13F2NO. The fraction of sp³-hybridized carbons (Fsp3) is 0.417. The van der Waals surface area contributed by atoms with Crippen LogP contribution < -0.4 is 4.90 Å². The zero-order chi connectivity index (χ0) is 11.5. The molecule has 1 aliphatic rings. The van der Waals surface area contributed by atoms with E-state index in [9.17, 15) is 13.6 Å². The van der Waals surface area contributed by atoms with Gasteiger partial charge >= 0.3 is 0 Å². The van der Waals surface area contributed by atoms with E-state index in [1.807, 2.05) is 0 Å². The highest BCUT2D eigenvalue weighted by Crippen LogP contribution is 2.27. The van der Waals surface area contributed by atoms with Crippen molar-refractivity contribution >= 4 is 12.0 Å². The van der Waals surface area contributed by atoms with Gasteiger partial charge in [-0.15, -0.1) is 0 Å². The van der Waals surface area contributed by atoms with E-state index in [2.05, 4.69) is 0 Å². The largest absolute Gasteiger partial charge is 0.367 e. The van der Waals surface area contributed by atoms with Crippen LogP contribution in [-0.2, 0) is 0 Å². The zero-order valence-corrected chi connectivity index (χ0v) is 8.88. The first kappa shape index (κ1) is 11.0. The summed E-state index contributed by atoms with van der Waals surface area (Å²) in [5, 5.41) is 0. The Balaban J connectivity index is 2.35. The molecule has 1 fully saturated rings. The second-order valence-electron chi connectivity index (χ2n) is 4.00. The molecule has 0 bridgehead atoms. The second kappa shape index (κ2) is 4.60. The Hall–Kier alpha value is -1.45. The monoisotopic (exact) mass is 225 g/mol. The number of rotatable bonds is 2. The summed E-state index contributed by atoms with van der Waals surface area (Å²) in [5.41, 5.74) is 0.0426. The molecule has 0 N–H and O–H groups in total. The van der Waals surface area contributed by atoms with Gasteiger partial charge in [0.05, 0.1) is 0 Å². The van der Waals surface area contributed by atoms with Crippen LogP contribution >= 0.6 is 0 Å². The predicted octanol–water partition coefficient (Wildman–Crippen LogP) is 2.77. The van der Waals surface area contributed by atoms with Gasteiger partial charge in [0.2, 0.25) is 0 Å². The molecule has 2 nitrogen and oxygen atoms in total. The van der Waals surface area contributed by atoms with Crippen LogP contribution in [0.3, 0.4) is 0 Å². The molecule has 1 aromatic rings. The molecule has 1 heterocycles. The van der Waals surface area contributed by atoms with E-state index in [0.29, 0.717) is 19.4 Å². The summed E-state index contributed by atoms with van der Waals surface area (Å²) in [6, 6.07) is 2.17. The van der Waals surface area contributed by atoms with Crippen molar-refractivity contribution in [2.75, 3.05) is 18.0 Å². The van der Waals surface area contributed by atoms with Crippen molar-refractivity contribution < 1.29 is 13.6 Å². The number of nitrogens with zero attached hydrogens (tertiary/aromatic N) is 1. The summed E-state index contributed by atoms with van der Waals surface area (Å²) in [4.78, 5) is 12.2. The average molecular weight is 225 g/mol. The predicted molar refractivity (Wildman–Crippen MR) is 57.8 cm³/mol. The van der Waals surface area contributed by atoms with Gasteiger partial charge in [-0.3, -0.25) is 4.79 Å². The van der Waals surface area contributed by atoms with E-state index >= 15 is 0 Å². The molecule has 16 heavy (non-hydrogen) atoms. The summed E-state index contributed by atoms with van der Waals surface area (Å²) >= 11 is 0. The first-order valence-electron chi connectivity index (χ1n) is 5.41. The maximum absolute atomic E-state index is 13.6. The number of hydrogen-bond acceptors (Lipinski definition) is 2. The number of anilines is 1. The zero-order valence-electron chi connectivity index (χ0n) is 8.88. The maximum Gasteiger partial charge on any atom is 0.150 e. The third kappa shape index (κ3) is 2.05. The van der Waals surface area contributed by atoms with Crippen molar-refractivity contribution in [2.45, 2.75) is 19.3 Å². The lowest BCUT2D eigenvalue weighted by molar-refractivity contribution is 0.112. The molecule has 1 saturated heterocycles. The SMILES string of the molecule is O=Cc1cc(F)c(N2CCCCC2)c(F)c1. The fourth-order valence-corrected chi connectivity index (χ4v) is 2.07. The number of aldehydes is 1. The highest BCUT2D eigenvalue weighted by Gasteiger charge is 2.19. The molecule has 0 radical (unpaired) electrons. The summed E-state index contributed by atoms with van der Waals surface area (Å²) in [6.07, 6.45) is 3.46. The van der Waals surface area contributed by atoms with Crippen LogP contribution in [0.4, 0.5) is 14.5 Å². The van der Waals surface area contributed by atoms with E-state index < -0.39 is 11.6 Å². The van der Waals surface area contributed by atoms with Crippen LogP contribution in [0.15, 0.2) is 12.1 Å². The highest BCUT2D eigenvalue weighted by atomic mass is 19.1. The van der Waals surface area contributed by atoms with Crippen LogP contribution in [-0.4, -0.2) is 19.4 Å². The minimum atomic E-state index is -0.649. The van der Waals surface area contributed by atoms with E-state index in [1.54, 1.807) is 4.90 Å². The Morgan fingerprint density at radius 1 is 1.06 bits per heavy atom. The van der Waals surface area contributed by atoms with E-state index in [0.717, 1.165) is 31.4 Å². The molecule has 0 atom stereocenters. The molecule has 0 aromatic heterocycles. The molecule has 86 valence electrons. The van der Waals surface area contributed by atoms with Gasteiger partial charge < -0.3 is 4.90 Å². The number of benzene rings is 1. The first-order chi connectivity index (χ1) is 7.72. The highest BCUT2D eigenvalue weighted by molar-refractivity contribution is 5.76. The molecule has 1 aliphatic heterocycles. The number of piperidine rings is 1. The molecular weight excluding hydrogens is 212 g/mol. The van der Waals surface area contributed by atoms with E-state index in [-0.39, 0.29) is 11.3 Å². The number of halogens is 2. The molecule has 0 saturated carbocycles. The van der Waals surface area contributed by atoms with Gasteiger partial charge in [0, 0.05) is 18.7 Å². The number of carbonyl (C=O) groups is 1. The summed E-state index contributed by atoms with van der Waals surface area (Å²) in [6.45, 7) is 1.35. The van der Waals surface area contributed by atoms with Crippen LogP contribution in [0.1, 0.15) is 29.6 Å². The third-order valence-electron chi connectivity index (χ3n) is 2.85. The first-order valence-corrected chi connectivity index (χ1v) is 5.41. The van der Waals surface area contributed by atoms with Crippen LogP contribution in [0, 0.1) is 11.6 Å². The summed E-state index contributed by atoms with van der Waals surface area (Å²) < 4.78 is 27.3. The Labute approximate surface area is 92.9 Å². The van der Waals surface area contributed by atoms with Gasteiger partial charge in [0.1, 0.15) is 23.6 Å². The summed E-state index contributed by atoms with van der Waals surface area (Å²) in [7, 11) is 0. The smallest absolute Gasteiger partial charge is 0.150 e. The fourth-order valence-electron chi connectivity index (χ4n) is 2.07. The van der Waals surface area contributed by atoms with E-state index in [1.165, 1.54) is 0 Å². The van der Waals surface area contributed by atoms with Crippen LogP contribution in [0.25, 0.3) is 0 Å². The molecule has 1 aromatic carbocycles. The minimum Gasteiger partial charge on any atom is -0.367 e. The Morgan fingerprint density at radius 2 is 1.62 bits per heavy atom. The molecule has 4 heteroatoms. The Kier molecular flexibility index (Phi) is 3.17.